The number of H-pyrrole nitrogens is 1. The lowest BCUT2D eigenvalue weighted by Gasteiger charge is -2.34. The van der Waals surface area contributed by atoms with Crippen LogP contribution in [0.1, 0.15) is 56.6 Å². The number of aromatic nitrogens is 4. The number of amides is 3. The maximum absolute atomic E-state index is 13.5. The van der Waals surface area contributed by atoms with E-state index in [2.05, 4.69) is 45.7 Å². The van der Waals surface area contributed by atoms with E-state index in [1.54, 1.807) is 46.3 Å². The van der Waals surface area contributed by atoms with Crippen LogP contribution in [0.15, 0.2) is 55.0 Å². The fourth-order valence-corrected chi connectivity index (χ4v) is 8.08. The second-order valence-electron chi connectivity index (χ2n) is 15.5. The van der Waals surface area contributed by atoms with Gasteiger partial charge in [-0.3, -0.25) is 19.5 Å². The van der Waals surface area contributed by atoms with Gasteiger partial charge in [0.2, 0.25) is 5.91 Å². The lowest BCUT2D eigenvalue weighted by molar-refractivity contribution is -0.126. The minimum Gasteiger partial charge on any atom is -0.444 e. The highest BCUT2D eigenvalue weighted by Gasteiger charge is 2.33. The Morgan fingerprint density at radius 2 is 1.79 bits per heavy atom. The Hall–Kier alpha value is -5.13. The Kier molecular flexibility index (Phi) is 12.6. The molecule has 56 heavy (non-hydrogen) atoms. The zero-order valence-corrected chi connectivity index (χ0v) is 33.3. The minimum absolute atomic E-state index is 0.233. The van der Waals surface area contributed by atoms with Crippen molar-refractivity contribution < 1.29 is 32.3 Å². The maximum atomic E-state index is 13.5. The van der Waals surface area contributed by atoms with Gasteiger partial charge in [0.25, 0.3) is 5.91 Å². The molecular formula is C39H51N9O7S. The molecule has 5 heterocycles. The fourth-order valence-electron chi connectivity index (χ4n) is 6.99. The molecule has 3 aromatic heterocycles. The lowest BCUT2D eigenvalue weighted by atomic mass is 10.00. The molecule has 0 bridgehead atoms. The van der Waals surface area contributed by atoms with Crippen LogP contribution in [-0.2, 0) is 30.7 Å². The number of benzene rings is 1. The van der Waals surface area contributed by atoms with Gasteiger partial charge >= 0.3 is 6.09 Å². The van der Waals surface area contributed by atoms with Crippen molar-refractivity contribution in [3.8, 4) is 11.3 Å². The topological polar surface area (TPSA) is 201 Å². The van der Waals surface area contributed by atoms with Crippen molar-refractivity contribution >= 4 is 50.3 Å². The number of rotatable bonds is 12. The van der Waals surface area contributed by atoms with Gasteiger partial charge < -0.3 is 35.3 Å². The number of carbonyl (C=O) groups is 3. The molecule has 4 N–H and O–H groups in total. The van der Waals surface area contributed by atoms with Gasteiger partial charge in [-0.15, -0.1) is 0 Å². The molecule has 17 heteroatoms. The van der Waals surface area contributed by atoms with Crippen LogP contribution in [0.4, 0.5) is 16.3 Å². The molecule has 2 aliphatic rings. The van der Waals surface area contributed by atoms with Crippen LogP contribution in [0, 0.1) is 5.92 Å². The number of pyridine rings is 1. The number of aromatic amines is 1. The van der Waals surface area contributed by atoms with Gasteiger partial charge in [0.05, 0.1) is 30.3 Å². The number of nitrogens with one attached hydrogen (secondary N) is 4. The van der Waals surface area contributed by atoms with Gasteiger partial charge in [0.1, 0.15) is 38.9 Å². The van der Waals surface area contributed by atoms with Crippen LogP contribution in [0.3, 0.4) is 0 Å². The number of ether oxygens (including phenoxy) is 2. The lowest BCUT2D eigenvalue weighted by Crippen LogP contribution is -2.53. The molecule has 2 saturated heterocycles. The van der Waals surface area contributed by atoms with Crippen LogP contribution in [0.25, 0.3) is 22.3 Å². The van der Waals surface area contributed by atoms with Crippen molar-refractivity contribution in [2.45, 2.75) is 64.8 Å². The average Bonchev–Trinajstić information content (AvgIpc) is 3.58. The molecule has 0 aliphatic carbocycles. The van der Waals surface area contributed by atoms with Gasteiger partial charge in [-0.2, -0.15) is 0 Å². The number of piperidine rings is 1. The van der Waals surface area contributed by atoms with Gasteiger partial charge in [-0.25, -0.2) is 23.2 Å². The molecule has 2 fully saturated rings. The van der Waals surface area contributed by atoms with Crippen molar-refractivity contribution in [2.24, 2.45) is 5.92 Å². The van der Waals surface area contributed by atoms with E-state index >= 15 is 0 Å². The van der Waals surface area contributed by atoms with Crippen LogP contribution in [0.2, 0.25) is 0 Å². The van der Waals surface area contributed by atoms with E-state index in [4.69, 9.17) is 9.47 Å². The number of nitrogens with zero attached hydrogens (tertiary/aromatic N) is 5. The first-order chi connectivity index (χ1) is 26.6. The Labute approximate surface area is 327 Å². The molecule has 1 unspecified atom stereocenters. The first-order valence-corrected chi connectivity index (χ1v) is 20.9. The van der Waals surface area contributed by atoms with Crippen molar-refractivity contribution in [2.75, 3.05) is 61.6 Å². The molecule has 3 amide bonds. The SMILES string of the molecule is C[C@@H](NC(=O)OC(C)(C)C)C(CS(C)(=O)=O)C(=O)N[C@@H]1CCCN(Cc2ccnc(C(=O)Nc3ccc(-c4cc5c(N6CCOCC6)ncnc5[nH]4)cc3)c2)C1. The third kappa shape index (κ3) is 11.0. The summed E-state index contributed by atoms with van der Waals surface area (Å²) < 4.78 is 35.3. The van der Waals surface area contributed by atoms with E-state index in [1.807, 2.05) is 36.4 Å². The number of fused-ring (bicyclic) bond motifs is 1. The van der Waals surface area contributed by atoms with Crippen LogP contribution >= 0.6 is 0 Å². The molecular weight excluding hydrogens is 739 g/mol. The summed E-state index contributed by atoms with van der Waals surface area (Å²) in [5, 5.41) is 9.54. The molecule has 2 aliphatic heterocycles. The Morgan fingerprint density at radius 1 is 1.04 bits per heavy atom. The van der Waals surface area contributed by atoms with E-state index in [1.165, 1.54) is 0 Å². The third-order valence-electron chi connectivity index (χ3n) is 9.65. The second-order valence-corrected chi connectivity index (χ2v) is 17.7. The number of carbonyl (C=O) groups excluding carboxylic acids is 3. The number of alkyl carbamates (subject to hydrolysis) is 1. The van der Waals surface area contributed by atoms with Gasteiger partial charge in [0.15, 0.2) is 0 Å². The molecule has 0 spiro atoms. The Bertz CT molecular complexity index is 2130. The predicted octanol–water partition coefficient (Wildman–Crippen LogP) is 3.76. The summed E-state index contributed by atoms with van der Waals surface area (Å²) in [5.74, 6) is -1.35. The van der Waals surface area contributed by atoms with Crippen molar-refractivity contribution in [1.82, 2.24) is 35.5 Å². The van der Waals surface area contributed by atoms with E-state index in [-0.39, 0.29) is 17.6 Å². The van der Waals surface area contributed by atoms with Crippen LogP contribution < -0.4 is 20.9 Å². The van der Waals surface area contributed by atoms with Crippen LogP contribution in [-0.4, -0.2) is 120 Å². The fraction of sp³-hybridized carbons (Fsp3) is 0.487. The standard InChI is InChI=1S/C39H51N9O7S/c1-25(43-38(51)55-39(2,3)4)31(23-56(5,52)53)36(49)45-29-7-6-14-47(22-29)21-26-12-13-40-33(19-26)37(50)44-28-10-8-27(9-11-28)32-20-30-34(46-32)41-24-42-35(30)48-15-17-54-18-16-48/h8-13,19-20,24-25,29,31H,6-7,14-18,21-23H2,1-5H3,(H,43,51)(H,44,50)(H,45,49)(H,41,42,46)/t25-,29-,31?/m1/s1. The summed E-state index contributed by atoms with van der Waals surface area (Å²) in [5.41, 5.74) is 3.60. The normalized spacial score (nSPS) is 17.9. The summed E-state index contributed by atoms with van der Waals surface area (Å²) in [4.78, 5) is 60.2. The highest BCUT2D eigenvalue weighted by Crippen LogP contribution is 2.30. The Balaban J connectivity index is 1.04. The highest BCUT2D eigenvalue weighted by atomic mass is 32.2. The first-order valence-electron chi connectivity index (χ1n) is 18.8. The van der Waals surface area contributed by atoms with Crippen molar-refractivity contribution in [3.63, 3.8) is 0 Å². The quantitative estimate of drug-likeness (QED) is 0.162. The number of anilines is 2. The maximum Gasteiger partial charge on any atom is 0.407 e. The average molecular weight is 790 g/mol. The van der Waals surface area contributed by atoms with E-state index in [0.29, 0.717) is 38.4 Å². The summed E-state index contributed by atoms with van der Waals surface area (Å²) in [6.45, 7) is 11.5. The minimum atomic E-state index is -3.54. The highest BCUT2D eigenvalue weighted by molar-refractivity contribution is 7.90. The Morgan fingerprint density at radius 3 is 2.50 bits per heavy atom. The van der Waals surface area contributed by atoms with Gasteiger partial charge in [-0.05, 0) is 88.5 Å². The number of hydrogen-bond acceptors (Lipinski definition) is 12. The van der Waals surface area contributed by atoms with Crippen molar-refractivity contribution in [1.29, 1.82) is 0 Å². The molecule has 6 rings (SSSR count). The summed E-state index contributed by atoms with van der Waals surface area (Å²) >= 11 is 0. The monoisotopic (exact) mass is 789 g/mol. The molecule has 4 aromatic rings. The van der Waals surface area contributed by atoms with Gasteiger partial charge in [-0.1, -0.05) is 12.1 Å². The number of hydrogen-bond donors (Lipinski definition) is 4. The second kappa shape index (κ2) is 17.3. The third-order valence-corrected chi connectivity index (χ3v) is 10.6. The summed E-state index contributed by atoms with van der Waals surface area (Å²) in [7, 11) is -3.54. The number of likely N-dealkylation sites (tertiary alicyclic amines) is 1. The van der Waals surface area contributed by atoms with Gasteiger partial charge in [0, 0.05) is 62.1 Å². The smallest absolute Gasteiger partial charge is 0.407 e. The van der Waals surface area contributed by atoms with Crippen molar-refractivity contribution in [3.05, 3.63) is 66.2 Å². The zero-order valence-electron chi connectivity index (χ0n) is 32.5. The molecule has 1 aromatic carbocycles. The molecule has 3 atom stereocenters. The molecule has 16 nitrogen and oxygen atoms in total. The van der Waals surface area contributed by atoms with E-state index in [9.17, 15) is 22.8 Å². The first kappa shape index (κ1) is 40.5. The summed E-state index contributed by atoms with van der Waals surface area (Å²) in [6.07, 6.45) is 5.04. The van der Waals surface area contributed by atoms with E-state index < -0.39 is 45.2 Å². The number of sulfone groups is 1. The zero-order chi connectivity index (χ0) is 40.0. The number of morpholine rings is 1. The molecule has 0 radical (unpaired) electrons. The summed E-state index contributed by atoms with van der Waals surface area (Å²) in [6, 6.07) is 12.2. The largest absolute Gasteiger partial charge is 0.444 e. The molecule has 300 valence electrons. The molecule has 0 saturated carbocycles. The van der Waals surface area contributed by atoms with E-state index in [0.717, 1.165) is 66.0 Å². The van der Waals surface area contributed by atoms with Crippen LogP contribution in [0.5, 0.6) is 0 Å². The predicted molar refractivity (Wildman–Crippen MR) is 213 cm³/mol.